The summed E-state index contributed by atoms with van der Waals surface area (Å²) in [5, 5.41) is 2.62. The first kappa shape index (κ1) is 53.0. The molecule has 3 amide bonds. The van der Waals surface area contributed by atoms with Gasteiger partial charge in [-0.3, -0.25) is 9.59 Å². The molecule has 2 aromatic carbocycles. The molecule has 0 spiro atoms. The van der Waals surface area contributed by atoms with E-state index in [0.29, 0.717) is 45.2 Å². The quantitative estimate of drug-likeness (QED) is 0.0589. The first-order chi connectivity index (χ1) is 27.0. The Bertz CT molecular complexity index is 1520. The number of likely N-dealkylation sites (N-methyl/N-ethyl adjacent to an activating group) is 2. The number of rotatable bonds is 21. The van der Waals surface area contributed by atoms with E-state index in [1.165, 1.54) is 9.80 Å². The van der Waals surface area contributed by atoms with E-state index >= 15 is 0 Å². The molecular formula is C41H65ClN4O12. The number of benzene rings is 2. The van der Waals surface area contributed by atoms with Crippen molar-refractivity contribution in [2.75, 3.05) is 55.0 Å². The number of carbonyl (C=O) groups excluding carboxylic acids is 5. The van der Waals surface area contributed by atoms with Gasteiger partial charge in [-0.15, -0.1) is 12.4 Å². The summed E-state index contributed by atoms with van der Waals surface area (Å²) in [6, 6.07) is 15.0. The minimum Gasteiger partial charge on any atom is -0.496 e. The van der Waals surface area contributed by atoms with Crippen LogP contribution >= 0.6 is 12.4 Å². The lowest BCUT2D eigenvalue weighted by Crippen LogP contribution is -2.37. The molecule has 0 radical (unpaired) electrons. The van der Waals surface area contributed by atoms with Crippen molar-refractivity contribution in [1.29, 1.82) is 0 Å². The standard InChI is InChI=1S/C23H36N2O7.C18H28N2O5.ClH/c1-17(15-18-11-7-8-12-19(18)29-6)25(5)22(28)31-16-30-20(26)13-9-10-14-24-21(27)32-23(2,3)4;1-14(12-15-8-4-5-9-16(15)23-3)20(2)18(22)25-13-24-17(21)10-6-7-11-19;/h7-8,11-12,17H,9-10,13-16H2,1-6H3,(H,24,27);4-5,8-9,14H,6-7,10-13,19H2,1-3H3;1H. The first-order valence-electron chi connectivity index (χ1n) is 19.0. The van der Waals surface area contributed by atoms with Crippen molar-refractivity contribution >= 4 is 42.6 Å². The second-order valence-electron chi connectivity index (χ2n) is 14.2. The van der Waals surface area contributed by atoms with Crippen LogP contribution in [0.4, 0.5) is 14.4 Å². The molecule has 58 heavy (non-hydrogen) atoms. The number of nitrogens with one attached hydrogen (secondary N) is 1. The van der Waals surface area contributed by atoms with E-state index in [9.17, 15) is 24.0 Å². The van der Waals surface area contributed by atoms with Crippen LogP contribution in [0.1, 0.15) is 84.3 Å². The number of amides is 3. The second kappa shape index (κ2) is 29.3. The highest BCUT2D eigenvalue weighted by molar-refractivity contribution is 5.85. The lowest BCUT2D eigenvalue weighted by molar-refractivity contribution is -0.153. The third kappa shape index (κ3) is 22.7. The van der Waals surface area contributed by atoms with Crippen molar-refractivity contribution in [3.05, 3.63) is 59.7 Å². The highest BCUT2D eigenvalue weighted by Gasteiger charge is 2.21. The van der Waals surface area contributed by atoms with E-state index in [4.69, 9.17) is 38.9 Å². The van der Waals surface area contributed by atoms with Gasteiger partial charge in [0.25, 0.3) is 0 Å². The molecule has 0 saturated heterocycles. The second-order valence-corrected chi connectivity index (χ2v) is 14.2. The van der Waals surface area contributed by atoms with Crippen LogP contribution in [0.5, 0.6) is 11.5 Å². The van der Waals surface area contributed by atoms with E-state index in [2.05, 4.69) is 5.32 Å². The zero-order valence-electron chi connectivity index (χ0n) is 35.5. The Morgan fingerprint density at radius 3 is 1.48 bits per heavy atom. The third-order valence-corrected chi connectivity index (χ3v) is 8.43. The van der Waals surface area contributed by atoms with Crippen molar-refractivity contribution < 1.29 is 57.1 Å². The first-order valence-corrected chi connectivity index (χ1v) is 19.0. The highest BCUT2D eigenvalue weighted by atomic mass is 35.5. The van der Waals surface area contributed by atoms with Gasteiger partial charge in [-0.2, -0.15) is 0 Å². The van der Waals surface area contributed by atoms with Gasteiger partial charge in [-0.1, -0.05) is 36.4 Å². The van der Waals surface area contributed by atoms with Gasteiger partial charge >= 0.3 is 30.2 Å². The Labute approximate surface area is 349 Å². The Morgan fingerprint density at radius 2 is 1.09 bits per heavy atom. The lowest BCUT2D eigenvalue weighted by Gasteiger charge is -2.24. The topological polar surface area (TPSA) is 194 Å². The molecule has 0 saturated carbocycles. The summed E-state index contributed by atoms with van der Waals surface area (Å²) in [6.45, 7) is 9.27. The fourth-order valence-electron chi connectivity index (χ4n) is 4.97. The SMILES string of the molecule is COc1ccccc1CC(C)N(C)C(=O)OCOC(=O)CCCCN.COc1ccccc1CC(C)N(C)C(=O)OCOC(=O)CCCCNC(=O)OC(C)(C)C.Cl. The number of nitrogens with zero attached hydrogens (tertiary/aromatic N) is 2. The number of hydrogen-bond donors (Lipinski definition) is 2. The number of alkyl carbamates (subject to hydrolysis) is 1. The Hall–Kier alpha value is -4.96. The summed E-state index contributed by atoms with van der Waals surface area (Å²) in [4.78, 5) is 61.9. The van der Waals surface area contributed by atoms with Crippen LogP contribution in [0.3, 0.4) is 0 Å². The van der Waals surface area contributed by atoms with Crippen LogP contribution in [-0.4, -0.2) is 113 Å². The number of ether oxygens (including phenoxy) is 7. The molecule has 0 bridgehead atoms. The number of carbonyl (C=O) groups is 5. The number of methoxy groups -OCH3 is 2. The molecular weight excluding hydrogens is 776 g/mol. The smallest absolute Gasteiger partial charge is 0.412 e. The average Bonchev–Trinajstić information content (AvgIpc) is 3.17. The summed E-state index contributed by atoms with van der Waals surface area (Å²) in [5.74, 6) is 0.671. The predicted octanol–water partition coefficient (Wildman–Crippen LogP) is 6.64. The van der Waals surface area contributed by atoms with E-state index < -0.39 is 42.6 Å². The van der Waals surface area contributed by atoms with E-state index in [1.807, 2.05) is 62.4 Å². The maximum Gasteiger partial charge on any atom is 0.412 e. The maximum absolute atomic E-state index is 12.2. The van der Waals surface area contributed by atoms with Crippen LogP contribution in [0.2, 0.25) is 0 Å². The molecule has 2 unspecified atom stereocenters. The molecule has 0 aliphatic rings. The van der Waals surface area contributed by atoms with Crippen LogP contribution in [-0.2, 0) is 46.1 Å². The minimum atomic E-state index is -0.582. The van der Waals surface area contributed by atoms with Crippen LogP contribution < -0.4 is 20.5 Å². The highest BCUT2D eigenvalue weighted by Crippen LogP contribution is 2.21. The zero-order chi connectivity index (χ0) is 42.8. The number of esters is 2. The molecule has 17 heteroatoms. The van der Waals surface area contributed by atoms with Gasteiger partial charge in [0, 0.05) is 45.6 Å². The van der Waals surface area contributed by atoms with E-state index in [0.717, 1.165) is 29.0 Å². The molecule has 16 nitrogen and oxygen atoms in total. The number of halogens is 1. The van der Waals surface area contributed by atoms with Gasteiger partial charge in [0.05, 0.1) is 14.2 Å². The molecule has 0 fully saturated rings. The number of para-hydroxylation sites is 2. The molecule has 2 rings (SSSR count). The van der Waals surface area contributed by atoms with Crippen LogP contribution in [0, 0.1) is 0 Å². The third-order valence-electron chi connectivity index (χ3n) is 8.43. The molecule has 328 valence electrons. The summed E-state index contributed by atoms with van der Waals surface area (Å²) in [5.41, 5.74) is 6.79. The molecule has 0 aromatic heterocycles. The fourth-order valence-corrected chi connectivity index (χ4v) is 4.97. The normalized spacial score (nSPS) is 11.5. The van der Waals surface area contributed by atoms with Crippen molar-refractivity contribution in [3.8, 4) is 11.5 Å². The van der Waals surface area contributed by atoms with Gasteiger partial charge in [0.2, 0.25) is 13.6 Å². The van der Waals surface area contributed by atoms with Crippen molar-refractivity contribution in [1.82, 2.24) is 15.1 Å². The van der Waals surface area contributed by atoms with Gasteiger partial charge in [-0.25, -0.2) is 14.4 Å². The summed E-state index contributed by atoms with van der Waals surface area (Å²) in [7, 11) is 6.49. The average molecular weight is 841 g/mol. The summed E-state index contributed by atoms with van der Waals surface area (Å²) < 4.78 is 35.6. The molecule has 0 aliphatic carbocycles. The summed E-state index contributed by atoms with van der Waals surface area (Å²) >= 11 is 0. The van der Waals surface area contributed by atoms with E-state index in [-0.39, 0.29) is 44.1 Å². The fraction of sp³-hybridized carbons (Fsp3) is 0.585. The summed E-state index contributed by atoms with van der Waals surface area (Å²) in [6.07, 6.45) is 2.58. The monoisotopic (exact) mass is 840 g/mol. The molecule has 3 N–H and O–H groups in total. The van der Waals surface area contributed by atoms with Crippen molar-refractivity contribution in [2.24, 2.45) is 5.73 Å². The van der Waals surface area contributed by atoms with Crippen LogP contribution in [0.15, 0.2) is 48.5 Å². The maximum atomic E-state index is 12.2. The number of unbranched alkanes of at least 4 members (excludes halogenated alkanes) is 2. The number of hydrogen-bond acceptors (Lipinski definition) is 13. The Morgan fingerprint density at radius 1 is 0.672 bits per heavy atom. The van der Waals surface area contributed by atoms with Crippen molar-refractivity contribution in [3.63, 3.8) is 0 Å². The molecule has 0 aliphatic heterocycles. The Kier molecular flexibility index (Phi) is 26.8. The largest absolute Gasteiger partial charge is 0.496 e. The number of nitrogens with two attached hydrogens (primary N) is 1. The molecule has 2 aromatic rings. The Balaban J connectivity index is 0.00000113. The van der Waals surface area contributed by atoms with Gasteiger partial charge in [0.15, 0.2) is 0 Å². The van der Waals surface area contributed by atoms with Gasteiger partial charge < -0.3 is 54.0 Å². The van der Waals surface area contributed by atoms with E-state index in [1.54, 1.807) is 49.1 Å². The molecule has 2 atom stereocenters. The van der Waals surface area contributed by atoms with Crippen LogP contribution in [0.25, 0.3) is 0 Å². The van der Waals surface area contributed by atoms with Gasteiger partial charge in [0.1, 0.15) is 17.1 Å². The predicted molar refractivity (Wildman–Crippen MR) is 221 cm³/mol. The molecule has 0 heterocycles. The lowest BCUT2D eigenvalue weighted by atomic mass is 10.1. The van der Waals surface area contributed by atoms with Gasteiger partial charge in [-0.05, 0) is 103 Å². The van der Waals surface area contributed by atoms with Crippen molar-refractivity contribution in [2.45, 2.75) is 104 Å². The minimum absolute atomic E-state index is 0. The zero-order valence-corrected chi connectivity index (χ0v) is 36.4.